The molecule has 2 unspecified atom stereocenters. The maximum atomic E-state index is 13.2. The van der Waals surface area contributed by atoms with Crippen molar-refractivity contribution in [1.82, 2.24) is 5.32 Å². The van der Waals surface area contributed by atoms with Gasteiger partial charge in [0.15, 0.2) is 0 Å². The molecule has 24 heavy (non-hydrogen) atoms. The third-order valence-corrected chi connectivity index (χ3v) is 4.18. The van der Waals surface area contributed by atoms with Crippen LogP contribution in [-0.4, -0.2) is 19.2 Å². The van der Waals surface area contributed by atoms with Crippen LogP contribution >= 0.6 is 12.4 Å². The van der Waals surface area contributed by atoms with Crippen LogP contribution in [-0.2, 0) is 17.8 Å². The molecule has 0 aromatic heterocycles. The molecule has 0 amide bonds. The van der Waals surface area contributed by atoms with E-state index in [2.05, 4.69) is 29.6 Å². The van der Waals surface area contributed by atoms with Crippen molar-refractivity contribution in [3.63, 3.8) is 0 Å². The molecule has 5 heteroatoms. The molecule has 1 aliphatic rings. The summed E-state index contributed by atoms with van der Waals surface area (Å²) >= 11 is 0. The molecule has 1 N–H and O–H groups in total. The summed E-state index contributed by atoms with van der Waals surface area (Å²) in [5, 5.41) is 3.39. The van der Waals surface area contributed by atoms with E-state index in [-0.39, 0.29) is 25.1 Å². The summed E-state index contributed by atoms with van der Waals surface area (Å²) in [5.74, 6) is -0.611. The second kappa shape index (κ2) is 9.11. The zero-order valence-corrected chi connectivity index (χ0v) is 14.2. The number of hydrogen-bond donors (Lipinski definition) is 1. The highest BCUT2D eigenvalue weighted by Crippen LogP contribution is 2.20. The summed E-state index contributed by atoms with van der Waals surface area (Å²) in [6, 6.07) is 13.9. The molecule has 3 rings (SSSR count). The van der Waals surface area contributed by atoms with E-state index in [1.165, 1.54) is 17.7 Å². The maximum absolute atomic E-state index is 13.2. The third kappa shape index (κ3) is 5.55. The molecule has 1 saturated heterocycles. The van der Waals surface area contributed by atoms with Gasteiger partial charge in [-0.3, -0.25) is 0 Å². The zero-order chi connectivity index (χ0) is 16.1. The lowest BCUT2D eigenvalue weighted by Gasteiger charge is -2.30. The van der Waals surface area contributed by atoms with Crippen molar-refractivity contribution in [2.45, 2.75) is 25.6 Å². The summed E-state index contributed by atoms with van der Waals surface area (Å²) in [6.45, 7) is 1.99. The lowest BCUT2D eigenvalue weighted by Crippen LogP contribution is -2.41. The molecule has 0 spiro atoms. The molecule has 1 aliphatic heterocycles. The second-order valence-corrected chi connectivity index (χ2v) is 6.16. The predicted molar refractivity (Wildman–Crippen MR) is 93.3 cm³/mol. The van der Waals surface area contributed by atoms with E-state index >= 15 is 0 Å². The fraction of sp³-hybridized carbons (Fsp3) is 0.368. The fourth-order valence-corrected chi connectivity index (χ4v) is 3.13. The Kier molecular flexibility index (Phi) is 7.16. The molecule has 1 heterocycles. The lowest BCUT2D eigenvalue weighted by molar-refractivity contribution is 0.0112. The quantitative estimate of drug-likeness (QED) is 0.873. The van der Waals surface area contributed by atoms with Crippen molar-refractivity contribution in [3.05, 3.63) is 71.3 Å². The molecule has 2 aromatic carbocycles. The number of halogens is 3. The average molecular weight is 354 g/mol. The molecule has 130 valence electrons. The van der Waals surface area contributed by atoms with Gasteiger partial charge in [-0.15, -0.1) is 12.4 Å². The van der Waals surface area contributed by atoms with Gasteiger partial charge in [0.25, 0.3) is 0 Å². The van der Waals surface area contributed by atoms with Gasteiger partial charge in [0.1, 0.15) is 11.6 Å². The summed E-state index contributed by atoms with van der Waals surface area (Å²) < 4.78 is 32.2. The Morgan fingerprint density at radius 1 is 0.958 bits per heavy atom. The molecule has 0 saturated carbocycles. The number of nitrogens with one attached hydrogen (secondary N) is 1. The Balaban J connectivity index is 0.00000208. The first kappa shape index (κ1) is 18.8. The fourth-order valence-electron chi connectivity index (χ4n) is 3.13. The van der Waals surface area contributed by atoms with E-state index < -0.39 is 11.6 Å². The van der Waals surface area contributed by atoms with Crippen LogP contribution < -0.4 is 5.32 Å². The summed E-state index contributed by atoms with van der Waals surface area (Å²) in [7, 11) is 0. The molecule has 2 atom stereocenters. The standard InChI is InChI=1S/C19H21F2NO.ClH/c20-17-7-16(8-18(21)10-17)13-23-19-9-15(11-22-12-19)6-14-4-2-1-3-5-14;/h1-5,7-8,10,15,19,22H,6,9,11-13H2;1H. The normalized spacial score (nSPS) is 20.4. The van der Waals surface area contributed by atoms with Gasteiger partial charge < -0.3 is 10.1 Å². The largest absolute Gasteiger partial charge is 0.372 e. The second-order valence-electron chi connectivity index (χ2n) is 6.16. The van der Waals surface area contributed by atoms with Crippen molar-refractivity contribution in [2.24, 2.45) is 5.92 Å². The lowest BCUT2D eigenvalue weighted by atomic mass is 9.91. The van der Waals surface area contributed by atoms with E-state index in [4.69, 9.17) is 4.74 Å². The number of piperidine rings is 1. The van der Waals surface area contributed by atoms with Crippen molar-refractivity contribution in [3.8, 4) is 0 Å². The Morgan fingerprint density at radius 2 is 1.67 bits per heavy atom. The van der Waals surface area contributed by atoms with Crippen LogP contribution in [0.4, 0.5) is 8.78 Å². The SMILES string of the molecule is Cl.Fc1cc(F)cc(COC2CNCC(Cc3ccccc3)C2)c1. The van der Waals surface area contributed by atoms with Gasteiger partial charge in [-0.1, -0.05) is 30.3 Å². The van der Waals surface area contributed by atoms with Crippen molar-refractivity contribution < 1.29 is 13.5 Å². The van der Waals surface area contributed by atoms with E-state index in [1.807, 2.05) is 6.07 Å². The van der Waals surface area contributed by atoms with Gasteiger partial charge in [-0.2, -0.15) is 0 Å². The van der Waals surface area contributed by atoms with Crippen molar-refractivity contribution in [1.29, 1.82) is 0 Å². The van der Waals surface area contributed by atoms with Crippen LogP contribution in [0.15, 0.2) is 48.5 Å². The van der Waals surface area contributed by atoms with E-state index in [0.29, 0.717) is 11.5 Å². The Morgan fingerprint density at radius 3 is 2.38 bits per heavy atom. The maximum Gasteiger partial charge on any atom is 0.126 e. The number of ether oxygens (including phenoxy) is 1. The smallest absolute Gasteiger partial charge is 0.126 e. The first-order chi connectivity index (χ1) is 11.2. The van der Waals surface area contributed by atoms with Gasteiger partial charge in [-0.05, 0) is 48.6 Å². The highest BCUT2D eigenvalue weighted by Gasteiger charge is 2.22. The monoisotopic (exact) mass is 353 g/mol. The molecule has 1 fully saturated rings. The van der Waals surface area contributed by atoms with E-state index in [1.54, 1.807) is 0 Å². The molecular weight excluding hydrogens is 332 g/mol. The van der Waals surface area contributed by atoms with Gasteiger partial charge in [0, 0.05) is 12.6 Å². The predicted octanol–water partition coefficient (Wildman–Crippen LogP) is 4.12. The number of hydrogen-bond acceptors (Lipinski definition) is 2. The van der Waals surface area contributed by atoms with Gasteiger partial charge in [0.05, 0.1) is 12.7 Å². The third-order valence-electron chi connectivity index (χ3n) is 4.18. The van der Waals surface area contributed by atoms with Crippen molar-refractivity contribution in [2.75, 3.05) is 13.1 Å². The highest BCUT2D eigenvalue weighted by molar-refractivity contribution is 5.85. The van der Waals surface area contributed by atoms with Crippen LogP contribution in [0.2, 0.25) is 0 Å². The van der Waals surface area contributed by atoms with Gasteiger partial charge in [-0.25, -0.2) is 8.78 Å². The van der Waals surface area contributed by atoms with Crippen LogP contribution in [0.3, 0.4) is 0 Å². The van der Waals surface area contributed by atoms with Crippen LogP contribution in [0.25, 0.3) is 0 Å². The number of benzene rings is 2. The van der Waals surface area contributed by atoms with Crippen LogP contribution in [0, 0.1) is 17.6 Å². The van der Waals surface area contributed by atoms with Crippen LogP contribution in [0.5, 0.6) is 0 Å². The first-order valence-electron chi connectivity index (χ1n) is 8.00. The Bertz CT molecular complexity index is 618. The molecule has 0 aliphatic carbocycles. The summed E-state index contributed by atoms with van der Waals surface area (Å²) in [5.41, 5.74) is 1.86. The average Bonchev–Trinajstić information content (AvgIpc) is 2.53. The zero-order valence-electron chi connectivity index (χ0n) is 13.4. The molecule has 0 radical (unpaired) electrons. The molecule has 0 bridgehead atoms. The van der Waals surface area contributed by atoms with Crippen molar-refractivity contribution >= 4 is 12.4 Å². The minimum atomic E-state index is -0.563. The Labute approximate surface area is 147 Å². The summed E-state index contributed by atoms with van der Waals surface area (Å²) in [4.78, 5) is 0. The van der Waals surface area contributed by atoms with E-state index in [9.17, 15) is 8.78 Å². The molecule has 2 nitrogen and oxygen atoms in total. The van der Waals surface area contributed by atoms with Gasteiger partial charge >= 0.3 is 0 Å². The molecular formula is C19H22ClF2NO. The molecule has 2 aromatic rings. The Hall–Kier alpha value is -1.49. The first-order valence-corrected chi connectivity index (χ1v) is 8.00. The minimum Gasteiger partial charge on any atom is -0.372 e. The summed E-state index contributed by atoms with van der Waals surface area (Å²) in [6.07, 6.45) is 2.05. The number of rotatable bonds is 5. The van der Waals surface area contributed by atoms with Gasteiger partial charge in [0.2, 0.25) is 0 Å². The minimum absolute atomic E-state index is 0. The van der Waals surface area contributed by atoms with E-state index in [0.717, 1.165) is 32.0 Å². The topological polar surface area (TPSA) is 21.3 Å². The highest BCUT2D eigenvalue weighted by atomic mass is 35.5. The van der Waals surface area contributed by atoms with Crippen LogP contribution in [0.1, 0.15) is 17.5 Å².